The molecule has 136 valence electrons. The van der Waals surface area contributed by atoms with Crippen molar-refractivity contribution in [2.75, 3.05) is 19.0 Å². The summed E-state index contributed by atoms with van der Waals surface area (Å²) in [5.41, 5.74) is 1.17. The smallest absolute Gasteiger partial charge is 0.207 e. The molecule has 0 bridgehead atoms. The Morgan fingerprint density at radius 2 is 2.04 bits per heavy atom. The van der Waals surface area contributed by atoms with Crippen LogP contribution in [0.25, 0.3) is 0 Å². The molecule has 26 heavy (non-hydrogen) atoms. The lowest BCUT2D eigenvalue weighted by Crippen LogP contribution is -1.99. The maximum atomic E-state index is 14.2. The summed E-state index contributed by atoms with van der Waals surface area (Å²) < 4.78 is 42.0. The van der Waals surface area contributed by atoms with Gasteiger partial charge in [0.1, 0.15) is 18.2 Å². The van der Waals surface area contributed by atoms with Gasteiger partial charge in [0.05, 0.1) is 6.61 Å². The average molecular weight is 377 g/mol. The number of halogens is 2. The molecule has 0 aliphatic carbocycles. The molecular weight excluding hydrogens is 360 g/mol. The van der Waals surface area contributed by atoms with Crippen molar-refractivity contribution in [2.24, 2.45) is 0 Å². The summed E-state index contributed by atoms with van der Waals surface area (Å²) in [7, 11) is 1.62. The van der Waals surface area contributed by atoms with Crippen molar-refractivity contribution in [3.63, 3.8) is 0 Å². The number of nitrogens with one attached hydrogen (secondary N) is 1. The standard InChI is InChI=1S/C18H17F2N3O2S/c1-24-8-7-17-22-18(26-23-17)21-14-5-6-16(15(20)10-14)25-11-12-3-2-4-13(19)9-12/h2-6,9-10H,7-8,11H2,1H3,(H,21,22,23). The molecule has 0 saturated carbocycles. The van der Waals surface area contributed by atoms with Gasteiger partial charge in [0.25, 0.3) is 0 Å². The summed E-state index contributed by atoms with van der Waals surface area (Å²) in [6, 6.07) is 10.5. The van der Waals surface area contributed by atoms with Gasteiger partial charge in [-0.2, -0.15) is 4.37 Å². The molecule has 5 nitrogen and oxygen atoms in total. The molecule has 0 radical (unpaired) electrons. The number of anilines is 2. The van der Waals surface area contributed by atoms with Gasteiger partial charge in [-0.3, -0.25) is 0 Å². The molecule has 1 N–H and O–H groups in total. The van der Waals surface area contributed by atoms with Gasteiger partial charge in [0.15, 0.2) is 11.6 Å². The molecule has 3 aromatic rings. The van der Waals surface area contributed by atoms with Crippen molar-refractivity contribution in [2.45, 2.75) is 13.0 Å². The van der Waals surface area contributed by atoms with Crippen LogP contribution in [-0.4, -0.2) is 23.1 Å². The number of methoxy groups -OCH3 is 1. The highest BCUT2D eigenvalue weighted by atomic mass is 32.1. The minimum absolute atomic E-state index is 0.0840. The highest BCUT2D eigenvalue weighted by Crippen LogP contribution is 2.25. The van der Waals surface area contributed by atoms with Gasteiger partial charge < -0.3 is 14.8 Å². The molecular formula is C18H17F2N3O2S. The molecule has 0 unspecified atom stereocenters. The van der Waals surface area contributed by atoms with E-state index in [1.165, 1.54) is 35.8 Å². The number of rotatable bonds is 8. The van der Waals surface area contributed by atoms with E-state index in [-0.39, 0.29) is 18.2 Å². The van der Waals surface area contributed by atoms with Gasteiger partial charge in [0, 0.05) is 36.8 Å². The van der Waals surface area contributed by atoms with Crippen LogP contribution in [0.15, 0.2) is 42.5 Å². The Balaban J connectivity index is 1.61. The van der Waals surface area contributed by atoms with Gasteiger partial charge in [0.2, 0.25) is 5.13 Å². The first-order chi connectivity index (χ1) is 12.6. The van der Waals surface area contributed by atoms with Gasteiger partial charge >= 0.3 is 0 Å². The third-order valence-electron chi connectivity index (χ3n) is 3.46. The zero-order valence-electron chi connectivity index (χ0n) is 14.0. The van der Waals surface area contributed by atoms with E-state index in [1.807, 2.05) is 0 Å². The van der Waals surface area contributed by atoms with E-state index in [2.05, 4.69) is 14.7 Å². The second-order valence-electron chi connectivity index (χ2n) is 5.45. The summed E-state index contributed by atoms with van der Waals surface area (Å²) in [4.78, 5) is 4.31. The quantitative estimate of drug-likeness (QED) is 0.633. The molecule has 1 aromatic heterocycles. The topological polar surface area (TPSA) is 56.3 Å². The summed E-state index contributed by atoms with van der Waals surface area (Å²) in [5, 5.41) is 3.58. The van der Waals surface area contributed by atoms with Crippen LogP contribution in [-0.2, 0) is 17.8 Å². The third-order valence-corrected chi connectivity index (χ3v) is 4.13. The van der Waals surface area contributed by atoms with Crippen LogP contribution in [0.3, 0.4) is 0 Å². The van der Waals surface area contributed by atoms with Crippen molar-refractivity contribution in [3.8, 4) is 5.75 Å². The van der Waals surface area contributed by atoms with Crippen molar-refractivity contribution < 1.29 is 18.3 Å². The first-order valence-electron chi connectivity index (χ1n) is 7.89. The number of hydrogen-bond acceptors (Lipinski definition) is 6. The molecule has 8 heteroatoms. The molecule has 0 aliphatic heterocycles. The Bertz CT molecular complexity index is 873. The molecule has 0 saturated heterocycles. The second-order valence-corrected chi connectivity index (χ2v) is 6.20. The summed E-state index contributed by atoms with van der Waals surface area (Å²) in [5.74, 6) is -0.101. The SMILES string of the molecule is COCCc1nsc(Nc2ccc(OCc3cccc(F)c3)c(F)c2)n1. The monoisotopic (exact) mass is 377 g/mol. The lowest BCUT2D eigenvalue weighted by Gasteiger charge is -2.09. The van der Waals surface area contributed by atoms with E-state index in [0.717, 1.165) is 0 Å². The fourth-order valence-corrected chi connectivity index (χ4v) is 2.84. The minimum atomic E-state index is -0.518. The van der Waals surface area contributed by atoms with Crippen molar-refractivity contribution in [1.29, 1.82) is 0 Å². The van der Waals surface area contributed by atoms with Gasteiger partial charge in [-0.05, 0) is 29.8 Å². The Hall–Kier alpha value is -2.58. The number of nitrogens with zero attached hydrogens (tertiary/aromatic N) is 2. The normalized spacial score (nSPS) is 10.7. The summed E-state index contributed by atoms with van der Waals surface area (Å²) >= 11 is 1.20. The maximum absolute atomic E-state index is 14.2. The van der Waals surface area contributed by atoms with E-state index in [9.17, 15) is 8.78 Å². The zero-order chi connectivity index (χ0) is 18.4. The number of benzene rings is 2. The van der Waals surface area contributed by atoms with Crippen LogP contribution in [0.2, 0.25) is 0 Å². The summed E-state index contributed by atoms with van der Waals surface area (Å²) in [6.07, 6.45) is 0.621. The average Bonchev–Trinajstić information content (AvgIpc) is 3.06. The van der Waals surface area contributed by atoms with E-state index in [4.69, 9.17) is 9.47 Å². The molecule has 0 atom stereocenters. The van der Waals surface area contributed by atoms with E-state index < -0.39 is 5.82 Å². The van der Waals surface area contributed by atoms with Crippen LogP contribution in [0.1, 0.15) is 11.4 Å². The second kappa shape index (κ2) is 8.68. The lowest BCUT2D eigenvalue weighted by molar-refractivity contribution is 0.201. The highest BCUT2D eigenvalue weighted by Gasteiger charge is 2.08. The molecule has 3 rings (SSSR count). The van der Waals surface area contributed by atoms with Crippen LogP contribution in [0, 0.1) is 11.6 Å². The number of aromatic nitrogens is 2. The zero-order valence-corrected chi connectivity index (χ0v) is 14.9. The predicted molar refractivity (Wildman–Crippen MR) is 95.9 cm³/mol. The van der Waals surface area contributed by atoms with E-state index in [1.54, 1.807) is 25.3 Å². The van der Waals surface area contributed by atoms with E-state index >= 15 is 0 Å². The molecule has 0 aliphatic rings. The fourth-order valence-electron chi connectivity index (χ4n) is 2.21. The highest BCUT2D eigenvalue weighted by molar-refractivity contribution is 7.09. The van der Waals surface area contributed by atoms with Crippen molar-refractivity contribution >= 4 is 22.4 Å². The molecule has 0 fully saturated rings. The maximum Gasteiger partial charge on any atom is 0.207 e. The molecule has 0 amide bonds. The Morgan fingerprint density at radius 1 is 1.15 bits per heavy atom. The first kappa shape index (κ1) is 18.2. The summed E-state index contributed by atoms with van der Waals surface area (Å²) in [6.45, 7) is 0.628. The first-order valence-corrected chi connectivity index (χ1v) is 8.67. The van der Waals surface area contributed by atoms with Gasteiger partial charge in [-0.15, -0.1) is 0 Å². The number of ether oxygens (including phenoxy) is 2. The van der Waals surface area contributed by atoms with Gasteiger partial charge in [-0.25, -0.2) is 13.8 Å². The lowest BCUT2D eigenvalue weighted by atomic mass is 10.2. The van der Waals surface area contributed by atoms with Gasteiger partial charge in [-0.1, -0.05) is 12.1 Å². The fraction of sp³-hybridized carbons (Fsp3) is 0.222. The van der Waals surface area contributed by atoms with E-state index in [0.29, 0.717) is 35.2 Å². The van der Waals surface area contributed by atoms with Crippen LogP contribution < -0.4 is 10.1 Å². The van der Waals surface area contributed by atoms with Crippen LogP contribution in [0.5, 0.6) is 5.75 Å². The molecule has 1 heterocycles. The minimum Gasteiger partial charge on any atom is -0.486 e. The van der Waals surface area contributed by atoms with Crippen LogP contribution in [0.4, 0.5) is 19.6 Å². The van der Waals surface area contributed by atoms with Crippen molar-refractivity contribution in [3.05, 3.63) is 65.5 Å². The Labute approximate surface area is 153 Å². The third kappa shape index (κ3) is 4.96. The molecule has 0 spiro atoms. The largest absolute Gasteiger partial charge is 0.486 e. The Kier molecular flexibility index (Phi) is 6.08. The van der Waals surface area contributed by atoms with Crippen LogP contribution >= 0.6 is 11.5 Å². The van der Waals surface area contributed by atoms with Crippen molar-refractivity contribution in [1.82, 2.24) is 9.36 Å². The Morgan fingerprint density at radius 3 is 2.81 bits per heavy atom. The number of hydrogen-bond donors (Lipinski definition) is 1. The predicted octanol–water partition coefficient (Wildman–Crippen LogP) is 4.33. The molecule has 2 aromatic carbocycles.